The van der Waals surface area contributed by atoms with E-state index in [-0.39, 0.29) is 6.54 Å². The van der Waals surface area contributed by atoms with Gasteiger partial charge < -0.3 is 10.3 Å². The minimum absolute atomic E-state index is 0.235. The van der Waals surface area contributed by atoms with Crippen LogP contribution in [0.3, 0.4) is 0 Å². The van der Waals surface area contributed by atoms with Crippen molar-refractivity contribution in [3.8, 4) is 11.5 Å². The molecule has 0 spiro atoms. The van der Waals surface area contributed by atoms with Gasteiger partial charge in [-0.25, -0.2) is 0 Å². The lowest BCUT2D eigenvalue weighted by atomic mass is 10.3. The fourth-order valence-corrected chi connectivity index (χ4v) is 2.38. The number of hydrogen-bond donors (Lipinski definition) is 1. The van der Waals surface area contributed by atoms with Gasteiger partial charge in [0.2, 0.25) is 0 Å². The van der Waals surface area contributed by atoms with Crippen molar-refractivity contribution in [1.29, 1.82) is 0 Å². The van der Waals surface area contributed by atoms with Gasteiger partial charge in [-0.15, -0.1) is 11.3 Å². The maximum absolute atomic E-state index is 5.91. The number of thiophene rings is 1. The van der Waals surface area contributed by atoms with Crippen LogP contribution in [0.1, 0.15) is 5.82 Å². The minimum atomic E-state index is 0.235. The third-order valence-electron chi connectivity index (χ3n) is 1.54. The molecule has 0 aliphatic carbocycles. The van der Waals surface area contributed by atoms with Crippen molar-refractivity contribution in [1.82, 2.24) is 10.1 Å². The molecule has 0 aliphatic heterocycles. The van der Waals surface area contributed by atoms with Gasteiger partial charge in [0.1, 0.15) is 4.34 Å². The van der Waals surface area contributed by atoms with Crippen molar-refractivity contribution in [2.45, 2.75) is 6.54 Å². The number of hydrogen-bond acceptors (Lipinski definition) is 5. The van der Waals surface area contributed by atoms with Crippen LogP contribution in [-0.4, -0.2) is 10.1 Å². The highest BCUT2D eigenvalue weighted by atomic mass is 35.5. The molecule has 2 rings (SSSR count). The second kappa shape index (κ2) is 3.86. The molecule has 2 heterocycles. The van der Waals surface area contributed by atoms with Crippen molar-refractivity contribution in [3.05, 3.63) is 20.6 Å². The summed E-state index contributed by atoms with van der Waals surface area (Å²) in [5.74, 6) is 0.789. The number of aromatic nitrogens is 2. The molecule has 0 bridgehead atoms. The van der Waals surface area contributed by atoms with Crippen LogP contribution in [0.2, 0.25) is 8.67 Å². The Hall–Kier alpha value is -0.620. The summed E-state index contributed by atoms with van der Waals surface area (Å²) in [7, 11) is 0. The van der Waals surface area contributed by atoms with Crippen LogP contribution in [0.15, 0.2) is 10.6 Å². The second-order valence-corrected chi connectivity index (χ2v) is 4.74. The summed E-state index contributed by atoms with van der Waals surface area (Å²) < 4.78 is 6.07. The maximum Gasteiger partial charge on any atom is 0.260 e. The Morgan fingerprint density at radius 1 is 1.50 bits per heavy atom. The van der Waals surface area contributed by atoms with E-state index in [9.17, 15) is 0 Å². The lowest BCUT2D eigenvalue weighted by Crippen LogP contribution is -1.97. The van der Waals surface area contributed by atoms with Crippen molar-refractivity contribution in [2.75, 3.05) is 0 Å². The van der Waals surface area contributed by atoms with E-state index in [1.54, 1.807) is 6.07 Å². The van der Waals surface area contributed by atoms with Crippen LogP contribution < -0.4 is 5.73 Å². The minimum Gasteiger partial charge on any atom is -0.334 e. The van der Waals surface area contributed by atoms with E-state index in [0.29, 0.717) is 26.0 Å². The maximum atomic E-state index is 5.91. The molecule has 7 heteroatoms. The lowest BCUT2D eigenvalue weighted by molar-refractivity contribution is 0.423. The molecule has 0 amide bonds. The van der Waals surface area contributed by atoms with Gasteiger partial charge in [0.15, 0.2) is 5.82 Å². The van der Waals surface area contributed by atoms with Gasteiger partial charge in [-0.05, 0) is 6.07 Å². The molecule has 4 nitrogen and oxygen atoms in total. The SMILES string of the molecule is NCc1noc(-c2cc(Cl)sc2Cl)n1. The van der Waals surface area contributed by atoms with Gasteiger partial charge in [-0.2, -0.15) is 4.98 Å². The van der Waals surface area contributed by atoms with Crippen LogP contribution in [0.5, 0.6) is 0 Å². The fourth-order valence-electron chi connectivity index (χ4n) is 0.932. The molecule has 2 N–H and O–H groups in total. The summed E-state index contributed by atoms with van der Waals surface area (Å²) in [5, 5.41) is 3.65. The van der Waals surface area contributed by atoms with E-state index in [1.165, 1.54) is 11.3 Å². The Balaban J connectivity index is 2.43. The number of nitrogens with two attached hydrogens (primary N) is 1. The molecule has 0 saturated carbocycles. The first-order valence-corrected chi connectivity index (χ1v) is 5.26. The molecule has 0 radical (unpaired) electrons. The Labute approximate surface area is 93.6 Å². The molecule has 0 atom stereocenters. The van der Waals surface area contributed by atoms with E-state index < -0.39 is 0 Å². The summed E-state index contributed by atoms with van der Waals surface area (Å²) >= 11 is 12.9. The molecule has 14 heavy (non-hydrogen) atoms. The molecular formula is C7H5Cl2N3OS. The zero-order chi connectivity index (χ0) is 10.1. The monoisotopic (exact) mass is 249 g/mol. The number of halogens is 2. The van der Waals surface area contributed by atoms with Crippen molar-refractivity contribution in [3.63, 3.8) is 0 Å². The summed E-state index contributed by atoms with van der Waals surface area (Å²) in [6.45, 7) is 0.235. The van der Waals surface area contributed by atoms with E-state index >= 15 is 0 Å². The number of rotatable bonds is 2. The summed E-state index contributed by atoms with van der Waals surface area (Å²) in [5.41, 5.74) is 5.99. The Kier molecular flexibility index (Phi) is 2.73. The lowest BCUT2D eigenvalue weighted by Gasteiger charge is -1.86. The molecule has 0 fully saturated rings. The first kappa shape index (κ1) is 9.92. The van der Waals surface area contributed by atoms with Crippen LogP contribution in [-0.2, 0) is 6.54 Å². The first-order valence-electron chi connectivity index (χ1n) is 3.68. The molecule has 0 unspecified atom stereocenters. The quantitative estimate of drug-likeness (QED) is 0.889. The average Bonchev–Trinajstić information content (AvgIpc) is 2.71. The van der Waals surface area contributed by atoms with Gasteiger partial charge in [0, 0.05) is 0 Å². The van der Waals surface area contributed by atoms with Gasteiger partial charge >= 0.3 is 0 Å². The second-order valence-electron chi connectivity index (χ2n) is 2.46. The highest BCUT2D eigenvalue weighted by Crippen LogP contribution is 2.37. The molecule has 0 saturated heterocycles. The standard InChI is InChI=1S/C7H5Cl2N3OS/c8-4-1-3(6(9)14-4)7-11-5(2-10)12-13-7/h1H,2,10H2. The third-order valence-corrected chi connectivity index (χ3v) is 3.03. The summed E-state index contributed by atoms with van der Waals surface area (Å²) in [4.78, 5) is 4.03. The van der Waals surface area contributed by atoms with E-state index in [1.807, 2.05) is 0 Å². The summed E-state index contributed by atoms with van der Waals surface area (Å²) in [6.07, 6.45) is 0. The van der Waals surface area contributed by atoms with Gasteiger partial charge in [-0.1, -0.05) is 28.4 Å². The highest BCUT2D eigenvalue weighted by Gasteiger charge is 2.14. The zero-order valence-electron chi connectivity index (χ0n) is 6.83. The van der Waals surface area contributed by atoms with Crippen LogP contribution in [0.4, 0.5) is 0 Å². The molecule has 74 valence electrons. The highest BCUT2D eigenvalue weighted by molar-refractivity contribution is 7.20. The smallest absolute Gasteiger partial charge is 0.260 e. The van der Waals surface area contributed by atoms with E-state index in [4.69, 9.17) is 33.5 Å². The van der Waals surface area contributed by atoms with Gasteiger partial charge in [0.25, 0.3) is 5.89 Å². The van der Waals surface area contributed by atoms with Gasteiger partial charge in [-0.3, -0.25) is 0 Å². The van der Waals surface area contributed by atoms with Crippen molar-refractivity contribution < 1.29 is 4.52 Å². The normalized spacial score (nSPS) is 10.8. The average molecular weight is 250 g/mol. The predicted molar refractivity (Wildman–Crippen MR) is 55.5 cm³/mol. The van der Waals surface area contributed by atoms with Crippen molar-refractivity contribution >= 4 is 34.5 Å². The van der Waals surface area contributed by atoms with Crippen molar-refractivity contribution in [2.24, 2.45) is 5.73 Å². The molecule has 0 aliphatic rings. The Morgan fingerprint density at radius 3 is 2.79 bits per heavy atom. The predicted octanol–water partition coefficient (Wildman–Crippen LogP) is 2.56. The Morgan fingerprint density at radius 2 is 2.29 bits per heavy atom. The summed E-state index contributed by atoms with van der Waals surface area (Å²) in [6, 6.07) is 1.68. The molecule has 2 aromatic rings. The Bertz CT molecular complexity index is 453. The van der Waals surface area contributed by atoms with Gasteiger partial charge in [0.05, 0.1) is 16.4 Å². The molecule has 0 aromatic carbocycles. The molecule has 2 aromatic heterocycles. The van der Waals surface area contributed by atoms with E-state index in [2.05, 4.69) is 10.1 Å². The third kappa shape index (κ3) is 1.76. The van der Waals surface area contributed by atoms with Crippen LogP contribution in [0.25, 0.3) is 11.5 Å². The largest absolute Gasteiger partial charge is 0.334 e. The number of nitrogens with zero attached hydrogens (tertiary/aromatic N) is 2. The first-order chi connectivity index (χ1) is 6.70. The fraction of sp³-hybridized carbons (Fsp3) is 0.143. The van der Waals surface area contributed by atoms with Crippen LogP contribution in [0, 0.1) is 0 Å². The van der Waals surface area contributed by atoms with E-state index in [0.717, 1.165) is 0 Å². The zero-order valence-corrected chi connectivity index (χ0v) is 9.16. The topological polar surface area (TPSA) is 64.9 Å². The van der Waals surface area contributed by atoms with Crippen LogP contribution >= 0.6 is 34.5 Å². The molecular weight excluding hydrogens is 245 g/mol.